The van der Waals surface area contributed by atoms with E-state index in [2.05, 4.69) is 16.0 Å². The molecule has 2 aliphatic carbocycles. The third-order valence-electron chi connectivity index (χ3n) is 4.80. The van der Waals surface area contributed by atoms with Crippen LogP contribution in [-0.4, -0.2) is 15.8 Å². The first kappa shape index (κ1) is 13.2. The monoisotopic (exact) mass is 269 g/mol. The predicted octanol–water partition coefficient (Wildman–Crippen LogP) is 2.71. The van der Waals surface area contributed by atoms with E-state index in [0.29, 0.717) is 23.4 Å². The van der Waals surface area contributed by atoms with Crippen LogP contribution in [0.25, 0.3) is 0 Å². The van der Waals surface area contributed by atoms with Gasteiger partial charge in [0.2, 0.25) is 0 Å². The van der Waals surface area contributed by atoms with Crippen molar-refractivity contribution in [3.05, 3.63) is 23.3 Å². The Morgan fingerprint density at radius 2 is 2.15 bits per heavy atom. The Morgan fingerprint density at radius 1 is 1.35 bits per heavy atom. The second kappa shape index (κ2) is 4.97. The Bertz CT molecular complexity index is 570. The van der Waals surface area contributed by atoms with Gasteiger partial charge in [0, 0.05) is 11.6 Å². The van der Waals surface area contributed by atoms with Gasteiger partial charge in [0.15, 0.2) is 5.78 Å². The van der Waals surface area contributed by atoms with Crippen LogP contribution >= 0.6 is 0 Å². The summed E-state index contributed by atoms with van der Waals surface area (Å²) in [7, 11) is 0. The van der Waals surface area contributed by atoms with Crippen molar-refractivity contribution in [3.8, 4) is 6.07 Å². The molecule has 3 rings (SSSR count). The lowest BCUT2D eigenvalue weighted by atomic mass is 9.80. The average molecular weight is 269 g/mol. The summed E-state index contributed by atoms with van der Waals surface area (Å²) in [4.78, 5) is 21.2. The number of carbonyl (C=O) groups is 1. The molecule has 0 saturated heterocycles. The summed E-state index contributed by atoms with van der Waals surface area (Å²) in [6, 6.07) is 3.94. The average Bonchev–Trinajstić information content (AvgIpc) is 3.00. The second-order valence-electron chi connectivity index (χ2n) is 6.23. The number of aryl methyl sites for hydroxylation is 2. The topological polar surface area (TPSA) is 66.6 Å². The number of hydrogen-bond donors (Lipinski definition) is 0. The lowest BCUT2D eigenvalue weighted by Crippen LogP contribution is -2.26. The van der Waals surface area contributed by atoms with E-state index in [9.17, 15) is 10.1 Å². The molecular formula is C16H19N3O. The summed E-state index contributed by atoms with van der Waals surface area (Å²) in [5.41, 5.74) is 1.39. The van der Waals surface area contributed by atoms with Gasteiger partial charge in [0.05, 0.1) is 11.8 Å². The van der Waals surface area contributed by atoms with Gasteiger partial charge in [-0.25, -0.2) is 9.97 Å². The summed E-state index contributed by atoms with van der Waals surface area (Å²) >= 11 is 0. The maximum atomic E-state index is 12.7. The van der Waals surface area contributed by atoms with E-state index in [1.165, 1.54) is 12.8 Å². The molecule has 0 aliphatic heterocycles. The SMILES string of the molecule is Cc1cc([C@@H](C#N)C(=O)[C@@H]2C[C@H]3CC[C@H]2C3)nc(C)n1. The second-order valence-corrected chi connectivity index (χ2v) is 6.23. The van der Waals surface area contributed by atoms with Crippen LogP contribution in [-0.2, 0) is 4.79 Å². The van der Waals surface area contributed by atoms with Crippen molar-refractivity contribution in [3.63, 3.8) is 0 Å². The van der Waals surface area contributed by atoms with Crippen molar-refractivity contribution < 1.29 is 4.79 Å². The number of rotatable bonds is 3. The smallest absolute Gasteiger partial charge is 0.159 e. The van der Waals surface area contributed by atoms with Crippen LogP contribution in [0.15, 0.2) is 6.07 Å². The van der Waals surface area contributed by atoms with Gasteiger partial charge in [-0.15, -0.1) is 0 Å². The van der Waals surface area contributed by atoms with E-state index < -0.39 is 5.92 Å². The minimum atomic E-state index is -0.722. The molecule has 1 heterocycles. The first-order valence-electron chi connectivity index (χ1n) is 7.34. The molecule has 0 unspecified atom stereocenters. The Hall–Kier alpha value is -1.76. The third kappa shape index (κ3) is 2.22. The largest absolute Gasteiger partial charge is 0.297 e. The molecule has 1 aromatic heterocycles. The number of Topliss-reactive ketones (excluding diaryl/α,β-unsaturated/α-hetero) is 1. The lowest BCUT2D eigenvalue weighted by Gasteiger charge is -2.22. The van der Waals surface area contributed by atoms with E-state index in [1.54, 1.807) is 13.0 Å². The van der Waals surface area contributed by atoms with Gasteiger partial charge >= 0.3 is 0 Å². The highest BCUT2D eigenvalue weighted by Crippen LogP contribution is 2.49. The summed E-state index contributed by atoms with van der Waals surface area (Å²) < 4.78 is 0. The molecule has 0 radical (unpaired) electrons. The van der Waals surface area contributed by atoms with Crippen LogP contribution < -0.4 is 0 Å². The number of ketones is 1. The van der Waals surface area contributed by atoms with E-state index in [4.69, 9.17) is 0 Å². The fourth-order valence-electron chi connectivity index (χ4n) is 3.98. The maximum Gasteiger partial charge on any atom is 0.159 e. The standard InChI is InChI=1S/C16H19N3O/c1-9-5-15(19-10(2)18-9)14(8-17)16(20)13-7-11-3-4-12(13)6-11/h5,11-14H,3-4,6-7H2,1-2H3/t11-,12-,13+,14+/m0/s1. The summed E-state index contributed by atoms with van der Waals surface area (Å²) in [6.07, 6.45) is 4.57. The minimum absolute atomic E-state index is 0.0778. The molecule has 2 aliphatic rings. The number of fused-ring (bicyclic) bond motifs is 2. The fraction of sp³-hybridized carbons (Fsp3) is 0.625. The van der Waals surface area contributed by atoms with Crippen molar-refractivity contribution in [2.45, 2.75) is 45.4 Å². The van der Waals surface area contributed by atoms with Crippen LogP contribution in [0.4, 0.5) is 0 Å². The van der Waals surface area contributed by atoms with Gasteiger partial charge in [0.1, 0.15) is 11.7 Å². The van der Waals surface area contributed by atoms with Gasteiger partial charge in [-0.2, -0.15) is 5.26 Å². The number of nitriles is 1. The molecule has 2 saturated carbocycles. The van der Waals surface area contributed by atoms with Crippen LogP contribution in [0.1, 0.15) is 48.8 Å². The van der Waals surface area contributed by atoms with Gasteiger partial charge in [-0.3, -0.25) is 4.79 Å². The van der Waals surface area contributed by atoms with E-state index >= 15 is 0 Å². The molecule has 0 amide bonds. The molecule has 4 heteroatoms. The summed E-state index contributed by atoms with van der Waals surface area (Å²) in [6.45, 7) is 3.67. The molecule has 20 heavy (non-hydrogen) atoms. The molecule has 4 nitrogen and oxygen atoms in total. The summed E-state index contributed by atoms with van der Waals surface area (Å²) in [5, 5.41) is 9.43. The van der Waals surface area contributed by atoms with E-state index in [1.807, 2.05) is 6.92 Å². The Morgan fingerprint density at radius 3 is 2.70 bits per heavy atom. The number of nitrogens with zero attached hydrogens (tertiary/aromatic N) is 3. The molecule has 2 fully saturated rings. The first-order valence-corrected chi connectivity index (χ1v) is 7.34. The van der Waals surface area contributed by atoms with Gasteiger partial charge in [0.25, 0.3) is 0 Å². The van der Waals surface area contributed by atoms with Gasteiger partial charge < -0.3 is 0 Å². The van der Waals surface area contributed by atoms with Crippen LogP contribution in [0.5, 0.6) is 0 Å². The van der Waals surface area contributed by atoms with Crippen LogP contribution in [0, 0.1) is 42.9 Å². The lowest BCUT2D eigenvalue weighted by molar-refractivity contribution is -0.124. The highest BCUT2D eigenvalue weighted by molar-refractivity contribution is 5.90. The molecule has 0 N–H and O–H groups in total. The molecule has 2 bridgehead atoms. The van der Waals surface area contributed by atoms with Crippen molar-refractivity contribution >= 4 is 5.78 Å². The molecule has 1 aromatic rings. The summed E-state index contributed by atoms with van der Waals surface area (Å²) in [5.74, 6) is 1.28. The fourth-order valence-corrected chi connectivity index (χ4v) is 3.98. The zero-order valence-corrected chi connectivity index (χ0v) is 12.0. The molecule has 4 atom stereocenters. The van der Waals surface area contributed by atoms with Crippen molar-refractivity contribution in [2.24, 2.45) is 17.8 Å². The van der Waals surface area contributed by atoms with Crippen LogP contribution in [0.2, 0.25) is 0 Å². The van der Waals surface area contributed by atoms with Crippen LogP contribution in [0.3, 0.4) is 0 Å². The number of carbonyl (C=O) groups excluding carboxylic acids is 1. The van der Waals surface area contributed by atoms with Crippen molar-refractivity contribution in [2.75, 3.05) is 0 Å². The highest BCUT2D eigenvalue weighted by Gasteiger charge is 2.45. The zero-order valence-electron chi connectivity index (χ0n) is 12.0. The molecule has 104 valence electrons. The first-order chi connectivity index (χ1) is 9.58. The Labute approximate surface area is 119 Å². The number of hydrogen-bond acceptors (Lipinski definition) is 4. The molecular weight excluding hydrogens is 250 g/mol. The quantitative estimate of drug-likeness (QED) is 0.846. The third-order valence-corrected chi connectivity index (χ3v) is 4.80. The Balaban J connectivity index is 1.86. The maximum absolute atomic E-state index is 12.7. The zero-order chi connectivity index (χ0) is 14.3. The van der Waals surface area contributed by atoms with Crippen molar-refractivity contribution in [1.82, 2.24) is 9.97 Å². The van der Waals surface area contributed by atoms with E-state index in [-0.39, 0.29) is 11.7 Å². The van der Waals surface area contributed by atoms with Gasteiger partial charge in [-0.05, 0) is 51.0 Å². The highest BCUT2D eigenvalue weighted by atomic mass is 16.1. The van der Waals surface area contributed by atoms with Crippen molar-refractivity contribution in [1.29, 1.82) is 5.26 Å². The molecule has 0 spiro atoms. The Kier molecular flexibility index (Phi) is 3.29. The predicted molar refractivity (Wildman–Crippen MR) is 73.8 cm³/mol. The normalized spacial score (nSPS) is 29.1. The number of aromatic nitrogens is 2. The minimum Gasteiger partial charge on any atom is -0.297 e. The van der Waals surface area contributed by atoms with E-state index in [0.717, 1.165) is 18.5 Å². The van der Waals surface area contributed by atoms with Gasteiger partial charge in [-0.1, -0.05) is 6.42 Å². The molecule has 0 aromatic carbocycles.